The molecule has 1 atom stereocenters. The second-order valence-corrected chi connectivity index (χ2v) is 9.17. The lowest BCUT2D eigenvalue weighted by Gasteiger charge is -2.31. The highest BCUT2D eigenvalue weighted by atomic mass is 16.3. The van der Waals surface area contributed by atoms with Crippen molar-refractivity contribution >= 4 is 16.6 Å². The number of phenols is 2. The molecule has 0 radical (unpaired) electrons. The zero-order chi connectivity index (χ0) is 25.3. The van der Waals surface area contributed by atoms with Crippen LogP contribution in [-0.4, -0.2) is 23.9 Å². The molecule has 0 fully saturated rings. The number of fused-ring (bicyclic) bond motifs is 5. The highest BCUT2D eigenvalue weighted by molar-refractivity contribution is 5.99. The van der Waals surface area contributed by atoms with E-state index in [4.69, 9.17) is 0 Å². The molecule has 1 aliphatic rings. The third-order valence-electron chi connectivity index (χ3n) is 7.01. The standard InChI is InChI=1S/C28H24N4O4/c1-15-11-13-16(14-12-15)23-21-24(30(2)28(36)31(3)27(21)35)25-22(17-7-6-10-20(33)26(17)34)29-18-8-4-5-9-19(18)32(23)25/h4-14,22,29,33-34H,1-3H3/t22-/m0/s1. The monoisotopic (exact) mass is 480 g/mol. The van der Waals surface area contributed by atoms with Gasteiger partial charge in [0.2, 0.25) is 0 Å². The lowest BCUT2D eigenvalue weighted by molar-refractivity contribution is 0.398. The van der Waals surface area contributed by atoms with E-state index in [1.165, 1.54) is 17.7 Å². The van der Waals surface area contributed by atoms with E-state index in [9.17, 15) is 19.8 Å². The molecule has 36 heavy (non-hydrogen) atoms. The van der Waals surface area contributed by atoms with Gasteiger partial charge in [0.15, 0.2) is 11.5 Å². The van der Waals surface area contributed by atoms with Gasteiger partial charge in [-0.25, -0.2) is 4.79 Å². The summed E-state index contributed by atoms with van der Waals surface area (Å²) in [5.74, 6) is -0.514. The number of aromatic nitrogens is 3. The average molecular weight is 481 g/mol. The molecule has 3 heterocycles. The predicted octanol–water partition coefficient (Wildman–Crippen LogP) is 3.93. The second-order valence-electron chi connectivity index (χ2n) is 9.17. The van der Waals surface area contributed by atoms with E-state index in [0.29, 0.717) is 27.9 Å². The maximum absolute atomic E-state index is 13.7. The van der Waals surface area contributed by atoms with E-state index in [1.54, 1.807) is 19.2 Å². The Morgan fingerprint density at radius 1 is 0.861 bits per heavy atom. The molecule has 180 valence electrons. The van der Waals surface area contributed by atoms with Gasteiger partial charge in [-0.05, 0) is 30.7 Å². The number of benzene rings is 3. The van der Waals surface area contributed by atoms with Crippen molar-refractivity contribution in [2.24, 2.45) is 14.1 Å². The van der Waals surface area contributed by atoms with Crippen molar-refractivity contribution in [1.82, 2.24) is 13.7 Å². The smallest absolute Gasteiger partial charge is 0.331 e. The summed E-state index contributed by atoms with van der Waals surface area (Å²) >= 11 is 0. The Bertz CT molecular complexity index is 1810. The first kappa shape index (κ1) is 21.8. The molecule has 2 aromatic heterocycles. The van der Waals surface area contributed by atoms with Crippen LogP contribution in [0.1, 0.15) is 22.9 Å². The molecule has 1 aliphatic heterocycles. The molecule has 0 bridgehead atoms. The minimum absolute atomic E-state index is 0.251. The van der Waals surface area contributed by atoms with Crippen molar-refractivity contribution in [3.05, 3.63) is 104 Å². The molecule has 0 saturated carbocycles. The van der Waals surface area contributed by atoms with Gasteiger partial charge in [-0.3, -0.25) is 13.9 Å². The van der Waals surface area contributed by atoms with Crippen LogP contribution >= 0.6 is 0 Å². The fraction of sp³-hybridized carbons (Fsp3) is 0.143. The zero-order valence-electron chi connectivity index (χ0n) is 20.0. The lowest BCUT2D eigenvalue weighted by atomic mass is 9.98. The summed E-state index contributed by atoms with van der Waals surface area (Å²) < 4.78 is 4.59. The molecule has 8 heteroatoms. The minimum Gasteiger partial charge on any atom is -0.504 e. The van der Waals surface area contributed by atoms with E-state index in [2.05, 4.69) is 5.32 Å². The van der Waals surface area contributed by atoms with E-state index in [0.717, 1.165) is 27.1 Å². The number of aryl methyl sites for hydroxylation is 2. The molecule has 8 nitrogen and oxygen atoms in total. The van der Waals surface area contributed by atoms with Gasteiger partial charge in [0.25, 0.3) is 5.56 Å². The van der Waals surface area contributed by atoms with E-state index >= 15 is 0 Å². The number of hydrogen-bond donors (Lipinski definition) is 3. The third-order valence-corrected chi connectivity index (χ3v) is 7.01. The summed E-state index contributed by atoms with van der Waals surface area (Å²) in [4.78, 5) is 26.8. The summed E-state index contributed by atoms with van der Waals surface area (Å²) in [6, 6.07) is 19.7. The predicted molar refractivity (Wildman–Crippen MR) is 139 cm³/mol. The molecule has 3 N–H and O–H groups in total. The normalized spacial score (nSPS) is 14.4. The molecule has 0 aliphatic carbocycles. The zero-order valence-corrected chi connectivity index (χ0v) is 20.0. The van der Waals surface area contributed by atoms with Crippen molar-refractivity contribution in [2.45, 2.75) is 13.0 Å². The Hall–Kier alpha value is -4.72. The van der Waals surface area contributed by atoms with Gasteiger partial charge in [0.1, 0.15) is 0 Å². The Labute approximate surface area is 205 Å². The number of phenolic OH excluding ortho intramolecular Hbond substituents is 2. The molecule has 6 rings (SSSR count). The fourth-order valence-electron chi connectivity index (χ4n) is 5.22. The summed E-state index contributed by atoms with van der Waals surface area (Å²) in [5.41, 5.74) is 4.82. The Kier molecular flexibility index (Phi) is 4.63. The molecular formula is C28H24N4O4. The lowest BCUT2D eigenvalue weighted by Crippen LogP contribution is -2.37. The van der Waals surface area contributed by atoms with Crippen LogP contribution in [0.2, 0.25) is 0 Å². The number of aromatic hydroxyl groups is 2. The van der Waals surface area contributed by atoms with Gasteiger partial charge in [0, 0.05) is 19.7 Å². The van der Waals surface area contributed by atoms with E-state index in [-0.39, 0.29) is 11.5 Å². The summed E-state index contributed by atoms with van der Waals surface area (Å²) in [6.45, 7) is 2.00. The quantitative estimate of drug-likeness (QED) is 0.333. The molecule has 3 aromatic carbocycles. The molecule has 0 amide bonds. The van der Waals surface area contributed by atoms with E-state index < -0.39 is 17.3 Å². The number of nitrogens with one attached hydrogen (secondary N) is 1. The highest BCUT2D eigenvalue weighted by Gasteiger charge is 2.36. The molecule has 0 saturated heterocycles. The fourth-order valence-corrected chi connectivity index (χ4v) is 5.22. The summed E-state index contributed by atoms with van der Waals surface area (Å²) in [6.07, 6.45) is 0. The Morgan fingerprint density at radius 3 is 2.33 bits per heavy atom. The summed E-state index contributed by atoms with van der Waals surface area (Å²) in [5, 5.41) is 25.0. The summed E-state index contributed by atoms with van der Waals surface area (Å²) in [7, 11) is 3.12. The third kappa shape index (κ3) is 2.87. The largest absolute Gasteiger partial charge is 0.504 e. The van der Waals surface area contributed by atoms with Crippen LogP contribution in [0.4, 0.5) is 5.69 Å². The first-order chi connectivity index (χ1) is 17.3. The second kappa shape index (κ2) is 7.64. The van der Waals surface area contributed by atoms with Gasteiger partial charge >= 0.3 is 5.69 Å². The average Bonchev–Trinajstić information content (AvgIpc) is 3.24. The molecule has 0 unspecified atom stereocenters. The Morgan fingerprint density at radius 2 is 1.58 bits per heavy atom. The van der Waals surface area contributed by atoms with Gasteiger partial charge in [-0.2, -0.15) is 0 Å². The number of anilines is 1. The van der Waals surface area contributed by atoms with Crippen molar-refractivity contribution in [3.8, 4) is 28.4 Å². The van der Waals surface area contributed by atoms with Crippen molar-refractivity contribution < 1.29 is 10.2 Å². The first-order valence-electron chi connectivity index (χ1n) is 11.6. The number of para-hydroxylation sites is 3. The van der Waals surface area contributed by atoms with Crippen molar-refractivity contribution in [2.75, 3.05) is 5.32 Å². The number of hydrogen-bond acceptors (Lipinski definition) is 5. The highest BCUT2D eigenvalue weighted by Crippen LogP contribution is 2.47. The maximum Gasteiger partial charge on any atom is 0.331 e. The van der Waals surface area contributed by atoms with Crippen LogP contribution in [0.5, 0.6) is 11.5 Å². The van der Waals surface area contributed by atoms with Crippen LogP contribution in [0, 0.1) is 6.92 Å². The SMILES string of the molecule is Cc1ccc(-c2c3c(=O)n(C)c(=O)n(C)c3c3n2-c2ccccc2N[C@H]3c2cccc(O)c2O)cc1. The molecule has 0 spiro atoms. The van der Waals surface area contributed by atoms with Crippen LogP contribution in [-0.2, 0) is 14.1 Å². The first-order valence-corrected chi connectivity index (χ1v) is 11.6. The van der Waals surface area contributed by atoms with Crippen molar-refractivity contribution in [1.29, 1.82) is 0 Å². The number of rotatable bonds is 2. The molecule has 5 aromatic rings. The number of nitrogens with zero attached hydrogens (tertiary/aromatic N) is 3. The van der Waals surface area contributed by atoms with Crippen LogP contribution < -0.4 is 16.6 Å². The maximum atomic E-state index is 13.7. The van der Waals surface area contributed by atoms with Crippen LogP contribution in [0.3, 0.4) is 0 Å². The van der Waals surface area contributed by atoms with Crippen molar-refractivity contribution in [3.63, 3.8) is 0 Å². The van der Waals surface area contributed by atoms with Crippen LogP contribution in [0.15, 0.2) is 76.3 Å². The Balaban J connectivity index is 1.87. The topological polar surface area (TPSA) is 101 Å². The minimum atomic E-state index is -0.661. The van der Waals surface area contributed by atoms with Gasteiger partial charge in [-0.15, -0.1) is 0 Å². The van der Waals surface area contributed by atoms with Crippen LogP contribution in [0.25, 0.3) is 27.8 Å². The molecular weight excluding hydrogens is 456 g/mol. The van der Waals surface area contributed by atoms with Gasteiger partial charge in [0.05, 0.1) is 39.7 Å². The van der Waals surface area contributed by atoms with E-state index in [1.807, 2.05) is 60.0 Å². The van der Waals surface area contributed by atoms with Gasteiger partial charge < -0.3 is 20.1 Å². The van der Waals surface area contributed by atoms with Gasteiger partial charge in [-0.1, -0.05) is 54.1 Å².